The molecule has 1 fully saturated rings. The number of aromatic nitrogens is 3. The molecule has 2 aromatic heterocycles. The molecule has 37 heavy (non-hydrogen) atoms. The first-order chi connectivity index (χ1) is 17.9. The maximum Gasteiger partial charge on any atom is 0.316 e. The van der Waals surface area contributed by atoms with E-state index in [9.17, 15) is 13.6 Å². The zero-order chi connectivity index (χ0) is 25.9. The third-order valence-corrected chi connectivity index (χ3v) is 5.73. The van der Waals surface area contributed by atoms with Gasteiger partial charge in [0.2, 0.25) is 17.7 Å². The number of carbonyl (C=O) groups is 1. The topological polar surface area (TPSA) is 135 Å². The molecule has 2 atom stereocenters. The fourth-order valence-electron chi connectivity index (χ4n) is 3.91. The number of nitrogens with zero attached hydrogens (tertiary/aromatic N) is 4. The fourth-order valence-corrected chi connectivity index (χ4v) is 3.91. The van der Waals surface area contributed by atoms with Crippen LogP contribution in [0.2, 0.25) is 0 Å². The second kappa shape index (κ2) is 9.90. The molecule has 10 nitrogen and oxygen atoms in total. The van der Waals surface area contributed by atoms with Crippen LogP contribution in [0.3, 0.4) is 0 Å². The number of anilines is 1. The predicted octanol–water partition coefficient (Wildman–Crippen LogP) is 3.78. The molecular formula is C25H18F2N6O4. The van der Waals surface area contributed by atoms with Gasteiger partial charge in [0.15, 0.2) is 0 Å². The Hall–Kier alpha value is -5.05. The summed E-state index contributed by atoms with van der Waals surface area (Å²) in [6.07, 6.45) is 1.41. The summed E-state index contributed by atoms with van der Waals surface area (Å²) in [4.78, 5) is 16.5. The Morgan fingerprint density at radius 2 is 1.86 bits per heavy atom. The number of nitriles is 1. The van der Waals surface area contributed by atoms with Gasteiger partial charge in [-0.15, -0.1) is 5.10 Å². The van der Waals surface area contributed by atoms with E-state index >= 15 is 0 Å². The molecule has 186 valence electrons. The molecule has 3 heterocycles. The average molecular weight is 504 g/mol. The highest BCUT2D eigenvalue weighted by molar-refractivity contribution is 5.88. The normalized spacial score (nSPS) is 16.6. The van der Waals surface area contributed by atoms with Crippen LogP contribution >= 0.6 is 0 Å². The zero-order valence-electron chi connectivity index (χ0n) is 19.2. The van der Waals surface area contributed by atoms with Crippen molar-refractivity contribution in [1.82, 2.24) is 20.5 Å². The highest BCUT2D eigenvalue weighted by Crippen LogP contribution is 2.33. The summed E-state index contributed by atoms with van der Waals surface area (Å²) < 4.78 is 45.5. The first-order valence-electron chi connectivity index (χ1n) is 11.0. The summed E-state index contributed by atoms with van der Waals surface area (Å²) in [5.74, 6) is -1.96. The van der Waals surface area contributed by atoms with E-state index in [0.29, 0.717) is 22.8 Å². The molecule has 0 spiro atoms. The van der Waals surface area contributed by atoms with Gasteiger partial charge < -0.3 is 24.5 Å². The van der Waals surface area contributed by atoms with Crippen molar-refractivity contribution in [2.24, 2.45) is 0 Å². The van der Waals surface area contributed by atoms with Crippen molar-refractivity contribution in [2.45, 2.75) is 12.0 Å². The maximum atomic E-state index is 14.7. The van der Waals surface area contributed by atoms with E-state index in [2.05, 4.69) is 25.8 Å². The standard InChI is InChI=1S/C25H18F2N6O4/c1-35-16-8-18(26)21(19(27)9-16)17-12-30-23(34)22(17)31-25-33-32-24(37-25)14-3-5-15(6-4-14)36-20-7-2-13(10-28)11-29-20/h2-9,11,17,22H,12H2,1H3,(H,30,34)(H,31,33)/t17-,22-/m0/s1. The molecule has 4 aromatic rings. The van der Waals surface area contributed by atoms with Crippen LogP contribution in [0.1, 0.15) is 17.0 Å². The number of hydrogen-bond donors (Lipinski definition) is 2. The number of hydrogen-bond acceptors (Lipinski definition) is 9. The molecule has 0 bridgehead atoms. The summed E-state index contributed by atoms with van der Waals surface area (Å²) in [6, 6.07) is 12.9. The van der Waals surface area contributed by atoms with E-state index in [4.69, 9.17) is 19.2 Å². The van der Waals surface area contributed by atoms with E-state index in [-0.39, 0.29) is 29.8 Å². The number of halogens is 2. The van der Waals surface area contributed by atoms with Gasteiger partial charge >= 0.3 is 6.01 Å². The number of amides is 1. The van der Waals surface area contributed by atoms with Crippen molar-refractivity contribution in [3.8, 4) is 34.9 Å². The van der Waals surface area contributed by atoms with Crippen molar-refractivity contribution in [3.05, 3.63) is 77.5 Å². The number of pyridine rings is 1. The number of methoxy groups -OCH3 is 1. The number of rotatable bonds is 7. The third kappa shape index (κ3) is 4.87. The monoisotopic (exact) mass is 504 g/mol. The Balaban J connectivity index is 1.30. The van der Waals surface area contributed by atoms with Gasteiger partial charge in [0.1, 0.15) is 35.2 Å². The Morgan fingerprint density at radius 3 is 2.51 bits per heavy atom. The van der Waals surface area contributed by atoms with Gasteiger partial charge in [-0.1, -0.05) is 5.10 Å². The molecule has 12 heteroatoms. The molecular weight excluding hydrogens is 486 g/mol. The van der Waals surface area contributed by atoms with Gasteiger partial charge in [-0.3, -0.25) is 4.79 Å². The highest BCUT2D eigenvalue weighted by Gasteiger charge is 2.40. The Labute approximate surface area is 208 Å². The van der Waals surface area contributed by atoms with Crippen LogP contribution in [0.5, 0.6) is 17.4 Å². The van der Waals surface area contributed by atoms with Gasteiger partial charge in [-0.2, -0.15) is 5.26 Å². The van der Waals surface area contributed by atoms with Gasteiger partial charge in [0.25, 0.3) is 0 Å². The zero-order valence-corrected chi connectivity index (χ0v) is 19.2. The SMILES string of the molecule is COc1cc(F)c([C@@H]2CNC(=O)[C@H]2Nc2nnc(-c3ccc(Oc4ccc(C#N)cn4)cc3)o2)c(F)c1. The maximum absolute atomic E-state index is 14.7. The quantitative estimate of drug-likeness (QED) is 0.385. The van der Waals surface area contributed by atoms with Gasteiger partial charge in [0.05, 0.1) is 12.7 Å². The molecule has 5 rings (SSSR count). The Bertz CT molecular complexity index is 1460. The van der Waals surface area contributed by atoms with Crippen molar-refractivity contribution in [1.29, 1.82) is 5.26 Å². The minimum atomic E-state index is -1.04. The Morgan fingerprint density at radius 1 is 1.11 bits per heavy atom. The third-order valence-electron chi connectivity index (χ3n) is 5.73. The molecule has 0 aliphatic carbocycles. The molecule has 1 aliphatic rings. The minimum absolute atomic E-state index is 0.0211. The van der Waals surface area contributed by atoms with Gasteiger partial charge in [-0.05, 0) is 30.3 Å². The second-order valence-corrected chi connectivity index (χ2v) is 8.01. The molecule has 2 aromatic carbocycles. The van der Waals surface area contributed by atoms with Crippen molar-refractivity contribution < 1.29 is 27.5 Å². The van der Waals surface area contributed by atoms with Gasteiger partial charge in [0, 0.05) is 48.0 Å². The summed E-state index contributed by atoms with van der Waals surface area (Å²) in [6.45, 7) is 0.0211. The molecule has 1 saturated heterocycles. The predicted molar refractivity (Wildman–Crippen MR) is 125 cm³/mol. The van der Waals surface area contributed by atoms with E-state index < -0.39 is 29.5 Å². The van der Waals surface area contributed by atoms with Crippen molar-refractivity contribution >= 4 is 11.9 Å². The van der Waals surface area contributed by atoms with E-state index in [1.807, 2.05) is 6.07 Å². The first kappa shape index (κ1) is 23.7. The smallest absolute Gasteiger partial charge is 0.316 e. The number of nitrogens with one attached hydrogen (secondary N) is 2. The van der Waals surface area contributed by atoms with Crippen molar-refractivity contribution in [2.75, 3.05) is 19.0 Å². The summed E-state index contributed by atoms with van der Waals surface area (Å²) >= 11 is 0. The lowest BCUT2D eigenvalue weighted by Crippen LogP contribution is -2.33. The number of carbonyl (C=O) groups excluding carboxylic acids is 1. The molecule has 0 saturated carbocycles. The van der Waals surface area contributed by atoms with Crippen LogP contribution in [0.4, 0.5) is 14.8 Å². The summed E-state index contributed by atoms with van der Waals surface area (Å²) in [7, 11) is 1.30. The fraction of sp³-hybridized carbons (Fsp3) is 0.160. The van der Waals surface area contributed by atoms with Crippen LogP contribution in [-0.2, 0) is 4.79 Å². The van der Waals surface area contributed by atoms with Crippen LogP contribution in [0.25, 0.3) is 11.5 Å². The molecule has 1 amide bonds. The average Bonchev–Trinajstić information content (AvgIpc) is 3.52. The summed E-state index contributed by atoms with van der Waals surface area (Å²) in [5.41, 5.74) is 0.744. The minimum Gasteiger partial charge on any atom is -0.497 e. The van der Waals surface area contributed by atoms with Crippen LogP contribution < -0.4 is 20.1 Å². The molecule has 2 N–H and O–H groups in total. The van der Waals surface area contributed by atoms with Crippen LogP contribution in [0, 0.1) is 23.0 Å². The van der Waals surface area contributed by atoms with E-state index in [1.54, 1.807) is 36.4 Å². The lowest BCUT2D eigenvalue weighted by molar-refractivity contribution is -0.119. The van der Waals surface area contributed by atoms with Crippen LogP contribution in [0.15, 0.2) is 59.1 Å². The second-order valence-electron chi connectivity index (χ2n) is 8.01. The largest absolute Gasteiger partial charge is 0.497 e. The van der Waals surface area contributed by atoms with Crippen LogP contribution in [-0.4, -0.2) is 40.8 Å². The lowest BCUT2D eigenvalue weighted by atomic mass is 9.93. The molecule has 0 unspecified atom stereocenters. The van der Waals surface area contributed by atoms with E-state index in [1.165, 1.54) is 13.3 Å². The highest BCUT2D eigenvalue weighted by atomic mass is 19.1. The first-order valence-corrected chi connectivity index (χ1v) is 11.0. The molecule has 1 aliphatic heterocycles. The van der Waals surface area contributed by atoms with Crippen molar-refractivity contribution in [3.63, 3.8) is 0 Å². The lowest BCUT2D eigenvalue weighted by Gasteiger charge is -2.19. The summed E-state index contributed by atoms with van der Waals surface area (Å²) in [5, 5.41) is 22.1. The number of benzene rings is 2. The Kier molecular flexibility index (Phi) is 6.34. The molecule has 0 radical (unpaired) electrons. The van der Waals surface area contributed by atoms with Gasteiger partial charge in [-0.25, -0.2) is 13.8 Å². The number of ether oxygens (including phenoxy) is 2. The van der Waals surface area contributed by atoms with E-state index in [0.717, 1.165) is 12.1 Å².